The van der Waals surface area contributed by atoms with Gasteiger partial charge in [-0.1, -0.05) is 6.42 Å². The van der Waals surface area contributed by atoms with Gasteiger partial charge in [0, 0.05) is 30.1 Å². The van der Waals surface area contributed by atoms with E-state index in [1.807, 2.05) is 0 Å². The van der Waals surface area contributed by atoms with Crippen LogP contribution in [0.3, 0.4) is 0 Å². The fraction of sp³-hybridized carbons (Fsp3) is 0.938. The van der Waals surface area contributed by atoms with Crippen LogP contribution in [-0.4, -0.2) is 48.6 Å². The first kappa shape index (κ1) is 14.3. The van der Waals surface area contributed by atoms with Crippen LogP contribution in [0, 0.1) is 5.92 Å². The molecule has 0 aromatic rings. The highest BCUT2D eigenvalue weighted by atomic mass is 16.1. The van der Waals surface area contributed by atoms with Crippen molar-refractivity contribution in [2.45, 2.75) is 76.0 Å². The lowest BCUT2D eigenvalue weighted by Gasteiger charge is -2.47. The van der Waals surface area contributed by atoms with Crippen LogP contribution >= 0.6 is 0 Å². The van der Waals surface area contributed by atoms with Crippen LogP contribution in [0.5, 0.6) is 0 Å². The Hall–Kier alpha value is -0.610. The van der Waals surface area contributed by atoms with Crippen LogP contribution in [0.25, 0.3) is 0 Å². The van der Waals surface area contributed by atoms with Crippen molar-refractivity contribution in [2.24, 2.45) is 5.92 Å². The summed E-state index contributed by atoms with van der Waals surface area (Å²) in [5.74, 6) is 0.539. The van der Waals surface area contributed by atoms with Gasteiger partial charge in [-0.15, -0.1) is 0 Å². The number of carbonyl (C=O) groups is 1. The molecule has 4 unspecified atom stereocenters. The molecule has 3 aliphatic heterocycles. The molecule has 2 bridgehead atoms. The van der Waals surface area contributed by atoms with Gasteiger partial charge in [-0.05, 0) is 59.0 Å². The summed E-state index contributed by atoms with van der Waals surface area (Å²) in [7, 11) is 2.26. The van der Waals surface area contributed by atoms with E-state index in [1.165, 1.54) is 19.3 Å². The lowest BCUT2D eigenvalue weighted by atomic mass is 9.82. The maximum absolute atomic E-state index is 12.5. The molecule has 4 atom stereocenters. The minimum Gasteiger partial charge on any atom is -0.353 e. The Morgan fingerprint density at radius 1 is 1.15 bits per heavy atom. The van der Waals surface area contributed by atoms with E-state index in [9.17, 15) is 4.79 Å². The molecule has 2 N–H and O–H groups in total. The van der Waals surface area contributed by atoms with Crippen LogP contribution < -0.4 is 10.6 Å². The Labute approximate surface area is 122 Å². The normalized spacial score (nSPS) is 42.2. The van der Waals surface area contributed by atoms with E-state index < -0.39 is 0 Å². The second kappa shape index (κ2) is 6.02. The second-order valence-corrected chi connectivity index (χ2v) is 7.16. The quantitative estimate of drug-likeness (QED) is 0.805. The average molecular weight is 279 g/mol. The molecular formula is C16H29N3O. The Morgan fingerprint density at radius 2 is 1.85 bits per heavy atom. The molecule has 3 aliphatic rings. The van der Waals surface area contributed by atoms with Gasteiger partial charge in [0.1, 0.15) is 0 Å². The van der Waals surface area contributed by atoms with Gasteiger partial charge in [0.2, 0.25) is 5.91 Å². The highest BCUT2D eigenvalue weighted by Crippen LogP contribution is 2.32. The zero-order chi connectivity index (χ0) is 14.1. The van der Waals surface area contributed by atoms with Crippen molar-refractivity contribution >= 4 is 5.91 Å². The minimum atomic E-state index is 0.228. The van der Waals surface area contributed by atoms with Crippen molar-refractivity contribution < 1.29 is 4.79 Å². The van der Waals surface area contributed by atoms with E-state index in [2.05, 4.69) is 29.5 Å². The van der Waals surface area contributed by atoms with Crippen molar-refractivity contribution in [3.05, 3.63) is 0 Å². The number of nitrogens with one attached hydrogen (secondary N) is 2. The third-order valence-electron chi connectivity index (χ3n) is 5.68. The maximum Gasteiger partial charge on any atom is 0.223 e. The largest absolute Gasteiger partial charge is 0.353 e. The number of piperidine rings is 3. The second-order valence-electron chi connectivity index (χ2n) is 7.16. The highest BCUT2D eigenvalue weighted by molar-refractivity contribution is 5.79. The number of hydrogen-bond donors (Lipinski definition) is 2. The lowest BCUT2D eigenvalue weighted by molar-refractivity contribution is -0.127. The third kappa shape index (κ3) is 3.01. The predicted octanol–water partition coefficient (Wildman–Crippen LogP) is 1.51. The van der Waals surface area contributed by atoms with E-state index in [-0.39, 0.29) is 5.92 Å². The van der Waals surface area contributed by atoms with Crippen molar-refractivity contribution in [1.82, 2.24) is 15.5 Å². The zero-order valence-corrected chi connectivity index (χ0v) is 12.9. The van der Waals surface area contributed by atoms with E-state index >= 15 is 0 Å². The van der Waals surface area contributed by atoms with Gasteiger partial charge in [-0.2, -0.15) is 0 Å². The summed E-state index contributed by atoms with van der Waals surface area (Å²) in [4.78, 5) is 15.0. The summed E-state index contributed by atoms with van der Waals surface area (Å²) in [5, 5.41) is 6.79. The van der Waals surface area contributed by atoms with E-state index in [1.54, 1.807) is 0 Å². The number of hydrogen-bond acceptors (Lipinski definition) is 3. The molecule has 0 aliphatic carbocycles. The summed E-state index contributed by atoms with van der Waals surface area (Å²) in [6.45, 7) is 3.16. The first-order valence-electron chi connectivity index (χ1n) is 8.39. The molecule has 0 aromatic carbocycles. The summed E-state index contributed by atoms with van der Waals surface area (Å²) in [6.07, 6.45) is 8.28. The predicted molar refractivity (Wildman–Crippen MR) is 80.5 cm³/mol. The van der Waals surface area contributed by atoms with Crippen molar-refractivity contribution in [2.75, 3.05) is 13.6 Å². The molecule has 0 saturated carbocycles. The van der Waals surface area contributed by atoms with Gasteiger partial charge >= 0.3 is 0 Å². The molecule has 4 heteroatoms. The van der Waals surface area contributed by atoms with Crippen LogP contribution in [0.1, 0.15) is 51.9 Å². The number of nitrogens with zero attached hydrogens (tertiary/aromatic N) is 1. The molecule has 1 amide bonds. The van der Waals surface area contributed by atoms with E-state index in [0.717, 1.165) is 32.2 Å². The fourth-order valence-electron chi connectivity index (χ4n) is 4.42. The highest BCUT2D eigenvalue weighted by Gasteiger charge is 2.37. The molecule has 3 fully saturated rings. The number of amides is 1. The van der Waals surface area contributed by atoms with Gasteiger partial charge in [-0.3, -0.25) is 4.79 Å². The van der Waals surface area contributed by atoms with E-state index in [0.29, 0.717) is 30.1 Å². The van der Waals surface area contributed by atoms with Crippen LogP contribution in [0.4, 0.5) is 0 Å². The summed E-state index contributed by atoms with van der Waals surface area (Å²) in [6, 6.07) is 2.29. The average Bonchev–Trinajstić information content (AvgIpc) is 2.40. The Kier molecular flexibility index (Phi) is 4.32. The number of fused-ring (bicyclic) bond motifs is 2. The lowest BCUT2D eigenvalue weighted by Crippen LogP contribution is -2.56. The van der Waals surface area contributed by atoms with Gasteiger partial charge in [0.25, 0.3) is 0 Å². The molecule has 0 aromatic heterocycles. The molecule has 3 rings (SSSR count). The van der Waals surface area contributed by atoms with Gasteiger partial charge in [0.15, 0.2) is 0 Å². The molecule has 114 valence electrons. The Bertz CT molecular complexity index is 346. The molecule has 3 saturated heterocycles. The minimum absolute atomic E-state index is 0.228. The summed E-state index contributed by atoms with van der Waals surface area (Å²) in [5.41, 5.74) is 0. The molecule has 0 spiro atoms. The van der Waals surface area contributed by atoms with Crippen molar-refractivity contribution in [1.29, 1.82) is 0 Å². The standard InChI is InChI=1S/C16H29N3O/c1-11-8-12(6-7-17-11)16(20)18-13-9-14-4-3-5-15(10-13)19(14)2/h11-15,17H,3-10H2,1-2H3,(H,18,20). The Balaban J connectivity index is 1.54. The van der Waals surface area contributed by atoms with Gasteiger partial charge in [-0.25, -0.2) is 0 Å². The van der Waals surface area contributed by atoms with E-state index in [4.69, 9.17) is 0 Å². The molecule has 20 heavy (non-hydrogen) atoms. The third-order valence-corrected chi connectivity index (χ3v) is 5.68. The van der Waals surface area contributed by atoms with Crippen molar-refractivity contribution in [3.63, 3.8) is 0 Å². The summed E-state index contributed by atoms with van der Waals surface area (Å²) < 4.78 is 0. The Morgan fingerprint density at radius 3 is 2.50 bits per heavy atom. The first-order chi connectivity index (χ1) is 9.63. The number of rotatable bonds is 2. The first-order valence-corrected chi connectivity index (χ1v) is 8.39. The fourth-order valence-corrected chi connectivity index (χ4v) is 4.42. The van der Waals surface area contributed by atoms with Crippen molar-refractivity contribution in [3.8, 4) is 0 Å². The smallest absolute Gasteiger partial charge is 0.223 e. The maximum atomic E-state index is 12.5. The zero-order valence-electron chi connectivity index (χ0n) is 12.9. The molecule has 0 radical (unpaired) electrons. The van der Waals surface area contributed by atoms with Crippen LogP contribution in [-0.2, 0) is 4.79 Å². The van der Waals surface area contributed by atoms with Crippen LogP contribution in [0.15, 0.2) is 0 Å². The molecule has 4 nitrogen and oxygen atoms in total. The van der Waals surface area contributed by atoms with Gasteiger partial charge in [0.05, 0.1) is 0 Å². The molecular weight excluding hydrogens is 250 g/mol. The SMILES string of the molecule is CC1CC(C(=O)NC2CC3CCCC(C2)N3C)CCN1. The van der Waals surface area contributed by atoms with Crippen LogP contribution in [0.2, 0.25) is 0 Å². The van der Waals surface area contributed by atoms with Gasteiger partial charge < -0.3 is 15.5 Å². The topological polar surface area (TPSA) is 44.4 Å². The summed E-state index contributed by atoms with van der Waals surface area (Å²) >= 11 is 0. The molecule has 3 heterocycles. The number of carbonyl (C=O) groups excluding carboxylic acids is 1. The monoisotopic (exact) mass is 279 g/mol.